The molecular formula is C12H14N2O2. The summed E-state index contributed by atoms with van der Waals surface area (Å²) in [6, 6.07) is 9.29. The second-order valence-electron chi connectivity index (χ2n) is 3.45. The minimum atomic E-state index is -0.388. The molecule has 2 N–H and O–H groups in total. The molecule has 0 fully saturated rings. The Morgan fingerprint density at radius 2 is 1.81 bits per heavy atom. The topological polar surface area (TPSA) is 58.2 Å². The molecule has 0 radical (unpaired) electrons. The van der Waals surface area contributed by atoms with Crippen LogP contribution in [0.2, 0.25) is 0 Å². The third-order valence-electron chi connectivity index (χ3n) is 1.91. The molecule has 0 spiro atoms. The molecule has 0 heterocycles. The van der Waals surface area contributed by atoms with Crippen molar-refractivity contribution in [2.24, 2.45) is 0 Å². The highest BCUT2D eigenvalue weighted by atomic mass is 16.2. The van der Waals surface area contributed by atoms with Gasteiger partial charge in [0.15, 0.2) is 0 Å². The molecule has 0 saturated heterocycles. The van der Waals surface area contributed by atoms with Crippen LogP contribution in [-0.4, -0.2) is 11.8 Å². The molecule has 4 heteroatoms. The molecule has 0 aliphatic carbocycles. The van der Waals surface area contributed by atoms with Crippen molar-refractivity contribution < 1.29 is 9.59 Å². The van der Waals surface area contributed by atoms with Crippen molar-refractivity contribution >= 4 is 11.8 Å². The van der Waals surface area contributed by atoms with Gasteiger partial charge in [0, 0.05) is 5.57 Å². The summed E-state index contributed by atoms with van der Waals surface area (Å²) < 4.78 is 0. The van der Waals surface area contributed by atoms with E-state index in [0.717, 1.165) is 5.56 Å². The van der Waals surface area contributed by atoms with Gasteiger partial charge in [-0.2, -0.15) is 0 Å². The Kier molecular flexibility index (Phi) is 4.27. The van der Waals surface area contributed by atoms with E-state index in [2.05, 4.69) is 17.4 Å². The van der Waals surface area contributed by atoms with Gasteiger partial charge < -0.3 is 0 Å². The van der Waals surface area contributed by atoms with Gasteiger partial charge in [0.25, 0.3) is 5.91 Å². The van der Waals surface area contributed by atoms with Crippen LogP contribution < -0.4 is 10.9 Å². The van der Waals surface area contributed by atoms with Crippen molar-refractivity contribution in [1.82, 2.24) is 10.9 Å². The molecule has 16 heavy (non-hydrogen) atoms. The molecular weight excluding hydrogens is 204 g/mol. The number of hydrogen-bond acceptors (Lipinski definition) is 2. The number of carbonyl (C=O) groups is 2. The third-order valence-corrected chi connectivity index (χ3v) is 1.91. The first kappa shape index (κ1) is 12.0. The lowest BCUT2D eigenvalue weighted by atomic mass is 10.1. The average Bonchev–Trinajstić information content (AvgIpc) is 2.27. The van der Waals surface area contributed by atoms with E-state index < -0.39 is 0 Å². The summed E-state index contributed by atoms with van der Waals surface area (Å²) in [5.41, 5.74) is 5.82. The first-order chi connectivity index (χ1) is 7.59. The Bertz CT molecular complexity index is 399. The highest BCUT2D eigenvalue weighted by molar-refractivity contribution is 5.93. The molecule has 1 aromatic rings. The molecule has 0 aliphatic heterocycles. The lowest BCUT2D eigenvalue weighted by Crippen LogP contribution is -2.42. The van der Waals surface area contributed by atoms with E-state index in [4.69, 9.17) is 0 Å². The number of carbonyl (C=O) groups excluding carboxylic acids is 2. The van der Waals surface area contributed by atoms with Gasteiger partial charge in [0.05, 0.1) is 6.42 Å². The van der Waals surface area contributed by atoms with Crippen LogP contribution in [0.1, 0.15) is 12.5 Å². The van der Waals surface area contributed by atoms with Crippen LogP contribution in [0.25, 0.3) is 0 Å². The summed E-state index contributed by atoms with van der Waals surface area (Å²) in [5, 5.41) is 0. The number of hydrazine groups is 1. The van der Waals surface area contributed by atoms with Gasteiger partial charge in [0.1, 0.15) is 0 Å². The van der Waals surface area contributed by atoms with Crippen molar-refractivity contribution in [3.63, 3.8) is 0 Å². The van der Waals surface area contributed by atoms with Gasteiger partial charge in [-0.3, -0.25) is 20.4 Å². The summed E-state index contributed by atoms with van der Waals surface area (Å²) in [6.07, 6.45) is 0.233. The molecule has 0 saturated carbocycles. The lowest BCUT2D eigenvalue weighted by molar-refractivity contribution is -0.126. The van der Waals surface area contributed by atoms with E-state index >= 15 is 0 Å². The molecule has 0 atom stereocenters. The zero-order chi connectivity index (χ0) is 12.0. The number of benzene rings is 1. The summed E-state index contributed by atoms with van der Waals surface area (Å²) in [6.45, 7) is 5.02. The first-order valence-corrected chi connectivity index (χ1v) is 4.88. The molecule has 1 rings (SSSR count). The van der Waals surface area contributed by atoms with Gasteiger partial charge in [-0.05, 0) is 12.5 Å². The number of hydrogen-bond donors (Lipinski definition) is 2. The van der Waals surface area contributed by atoms with E-state index in [1.54, 1.807) is 6.92 Å². The molecule has 2 amide bonds. The van der Waals surface area contributed by atoms with E-state index in [1.165, 1.54) is 0 Å². The Morgan fingerprint density at radius 1 is 1.19 bits per heavy atom. The van der Waals surface area contributed by atoms with Crippen LogP contribution in [-0.2, 0) is 16.0 Å². The van der Waals surface area contributed by atoms with Crippen LogP contribution in [0.15, 0.2) is 42.5 Å². The zero-order valence-electron chi connectivity index (χ0n) is 9.12. The van der Waals surface area contributed by atoms with Crippen molar-refractivity contribution in [2.45, 2.75) is 13.3 Å². The number of rotatable bonds is 3. The van der Waals surface area contributed by atoms with Crippen molar-refractivity contribution in [2.75, 3.05) is 0 Å². The first-order valence-electron chi connectivity index (χ1n) is 4.88. The maximum Gasteiger partial charge on any atom is 0.264 e. The summed E-state index contributed by atoms with van der Waals surface area (Å²) in [7, 11) is 0. The van der Waals surface area contributed by atoms with Gasteiger partial charge >= 0.3 is 0 Å². The summed E-state index contributed by atoms with van der Waals surface area (Å²) in [4.78, 5) is 22.5. The second kappa shape index (κ2) is 5.70. The van der Waals surface area contributed by atoms with E-state index in [9.17, 15) is 9.59 Å². The molecule has 0 aromatic heterocycles. The maximum atomic E-state index is 11.4. The quantitative estimate of drug-likeness (QED) is 0.586. The predicted octanol–water partition coefficient (Wildman–Crippen LogP) is 0.953. The lowest BCUT2D eigenvalue weighted by Gasteiger charge is -2.06. The monoisotopic (exact) mass is 218 g/mol. The predicted molar refractivity (Wildman–Crippen MR) is 61.2 cm³/mol. The summed E-state index contributed by atoms with van der Waals surface area (Å²) >= 11 is 0. The Morgan fingerprint density at radius 3 is 2.38 bits per heavy atom. The van der Waals surface area contributed by atoms with E-state index in [-0.39, 0.29) is 18.2 Å². The van der Waals surface area contributed by atoms with Crippen molar-refractivity contribution in [1.29, 1.82) is 0 Å². The molecule has 0 aliphatic rings. The largest absolute Gasteiger partial charge is 0.273 e. The minimum absolute atomic E-state index is 0.233. The number of nitrogens with one attached hydrogen (secondary N) is 2. The SMILES string of the molecule is C=C(C)C(=O)NNC(=O)Cc1ccccc1. The van der Waals surface area contributed by atoms with E-state index in [1.807, 2.05) is 30.3 Å². The normalized spacial score (nSPS) is 9.31. The zero-order valence-corrected chi connectivity index (χ0v) is 9.12. The third kappa shape index (κ3) is 3.96. The fourth-order valence-electron chi connectivity index (χ4n) is 1.06. The van der Waals surface area contributed by atoms with Gasteiger partial charge in [0.2, 0.25) is 5.91 Å². The molecule has 4 nitrogen and oxygen atoms in total. The van der Waals surface area contributed by atoms with Crippen molar-refractivity contribution in [3.05, 3.63) is 48.0 Å². The van der Waals surface area contributed by atoms with Gasteiger partial charge in [-0.15, -0.1) is 0 Å². The average molecular weight is 218 g/mol. The maximum absolute atomic E-state index is 11.4. The fraction of sp³-hybridized carbons (Fsp3) is 0.167. The Balaban J connectivity index is 2.37. The Hall–Kier alpha value is -2.10. The summed E-state index contributed by atoms with van der Waals surface area (Å²) in [5.74, 6) is -0.651. The van der Waals surface area contributed by atoms with Crippen LogP contribution in [0.3, 0.4) is 0 Å². The van der Waals surface area contributed by atoms with Crippen LogP contribution in [0.5, 0.6) is 0 Å². The van der Waals surface area contributed by atoms with Crippen LogP contribution in [0, 0.1) is 0 Å². The van der Waals surface area contributed by atoms with E-state index in [0.29, 0.717) is 5.57 Å². The number of amides is 2. The Labute approximate surface area is 94.3 Å². The second-order valence-corrected chi connectivity index (χ2v) is 3.45. The standard InChI is InChI=1S/C12H14N2O2/c1-9(2)12(16)14-13-11(15)8-10-6-4-3-5-7-10/h3-7H,1,8H2,2H3,(H,13,15)(H,14,16). The van der Waals surface area contributed by atoms with Gasteiger partial charge in [-0.25, -0.2) is 0 Å². The molecule has 84 valence electrons. The molecule has 1 aromatic carbocycles. The van der Waals surface area contributed by atoms with Crippen molar-refractivity contribution in [3.8, 4) is 0 Å². The fourth-order valence-corrected chi connectivity index (χ4v) is 1.06. The molecule has 0 unspecified atom stereocenters. The van der Waals surface area contributed by atoms with Gasteiger partial charge in [-0.1, -0.05) is 36.9 Å². The minimum Gasteiger partial charge on any atom is -0.273 e. The highest BCUT2D eigenvalue weighted by Crippen LogP contribution is 1.98. The van der Waals surface area contributed by atoms with Crippen LogP contribution >= 0.6 is 0 Å². The smallest absolute Gasteiger partial charge is 0.264 e. The molecule has 0 bridgehead atoms. The highest BCUT2D eigenvalue weighted by Gasteiger charge is 2.05. The van der Waals surface area contributed by atoms with Crippen LogP contribution in [0.4, 0.5) is 0 Å².